The van der Waals surface area contributed by atoms with Gasteiger partial charge in [-0.25, -0.2) is 4.98 Å². The number of β-amino-alcohol motifs (C(OH)–C–C–N with tert-alkyl or cyclic N) is 1. The first-order valence-corrected chi connectivity index (χ1v) is 26.6. The Bertz CT molecular complexity index is 2650. The summed E-state index contributed by atoms with van der Waals surface area (Å²) in [6.45, 7) is 20.8. The van der Waals surface area contributed by atoms with Gasteiger partial charge in [0.2, 0.25) is 17.7 Å². The number of thiazole rings is 1. The van der Waals surface area contributed by atoms with Crippen LogP contribution in [0.15, 0.2) is 72.2 Å². The predicted molar refractivity (Wildman–Crippen MR) is 280 cm³/mol. The molecule has 2 unspecified atom stereocenters. The average Bonchev–Trinajstić information content (AvgIpc) is 4.01. The van der Waals surface area contributed by atoms with Crippen molar-refractivity contribution in [3.05, 3.63) is 105 Å². The molecule has 4 fully saturated rings. The number of hydrogen-bond donors (Lipinski definition) is 4. The van der Waals surface area contributed by atoms with E-state index in [9.17, 15) is 29.5 Å². The molecule has 1 saturated carbocycles. The third-order valence-corrected chi connectivity index (χ3v) is 17.0. The second kappa shape index (κ2) is 21.2. The largest absolute Gasteiger partial charge is 0.489 e. The number of nitriles is 1. The summed E-state index contributed by atoms with van der Waals surface area (Å²) in [6.07, 6.45) is 2.92. The highest BCUT2D eigenvalue weighted by Gasteiger charge is 2.64. The Labute approximate surface area is 433 Å². The molecule has 4 N–H and O–H groups in total. The standard InChI is InChI=1S/C56H71ClN8O6S/c1-33(36-16-18-37(19-17-36)47-34(2)59-32-72-47)60-50(69)45-25-42(66)30-65(45)51(70)48(54(3,4)5)61-46(67)31-64-40-21-22-41(64)29-63(28-40)24-10-11-35-12-14-38(15-13-35)49(68)62-52-55(6,7)53(56(52,8)9)71-43-23-20-39(27-58)44(57)26-43/h12-20,23,26,32-33,40-42,45,48,52-53,66H,10-11,21-22,24-25,28-31H2,1-9H3,(H,60,69)(H,61,67)(H,62,68)/t33-,40?,41?,42+,45-,48+,52?,53?/m0/s1. The quantitative estimate of drug-likeness (QED) is 0.0869. The number of carbonyl (C=O) groups is 4. The van der Waals surface area contributed by atoms with E-state index >= 15 is 0 Å². The van der Waals surface area contributed by atoms with E-state index in [1.807, 2.05) is 88.7 Å². The van der Waals surface area contributed by atoms with Crippen molar-refractivity contribution in [3.8, 4) is 22.3 Å². The molecule has 4 heterocycles. The smallest absolute Gasteiger partial charge is 0.251 e. The molecule has 1 aliphatic carbocycles. The molecule has 0 radical (unpaired) electrons. The van der Waals surface area contributed by atoms with Crippen molar-refractivity contribution in [2.24, 2.45) is 16.2 Å². The molecule has 0 spiro atoms. The van der Waals surface area contributed by atoms with Crippen molar-refractivity contribution in [2.75, 3.05) is 32.7 Å². The minimum absolute atomic E-state index is 0.0150. The highest BCUT2D eigenvalue weighted by atomic mass is 35.5. The van der Waals surface area contributed by atoms with Gasteiger partial charge in [-0.05, 0) is 92.4 Å². The summed E-state index contributed by atoms with van der Waals surface area (Å²) in [6, 6.07) is 21.3. The highest BCUT2D eigenvalue weighted by Crippen LogP contribution is 2.55. The molecule has 4 aromatic rings. The maximum atomic E-state index is 14.4. The zero-order valence-corrected chi connectivity index (χ0v) is 44.7. The summed E-state index contributed by atoms with van der Waals surface area (Å²) in [5, 5.41) is 29.8. The van der Waals surface area contributed by atoms with E-state index in [1.165, 1.54) is 10.5 Å². The van der Waals surface area contributed by atoms with Gasteiger partial charge in [0.15, 0.2) is 0 Å². The fourth-order valence-electron chi connectivity index (χ4n) is 12.0. The van der Waals surface area contributed by atoms with Crippen LogP contribution in [-0.2, 0) is 20.8 Å². The summed E-state index contributed by atoms with van der Waals surface area (Å²) in [5.74, 6) is -0.462. The van der Waals surface area contributed by atoms with Crippen LogP contribution in [0.25, 0.3) is 10.4 Å². The Morgan fingerprint density at radius 2 is 1.62 bits per heavy atom. The molecule has 3 aliphatic heterocycles. The van der Waals surface area contributed by atoms with Crippen LogP contribution < -0.4 is 20.7 Å². The number of amides is 4. The molecule has 4 amide bonds. The number of likely N-dealkylation sites (tertiary alicyclic amines) is 2. The normalized spacial score (nSPS) is 24.4. The van der Waals surface area contributed by atoms with Gasteiger partial charge in [0, 0.05) is 66.6 Å². The summed E-state index contributed by atoms with van der Waals surface area (Å²) in [5.41, 5.74) is 5.56. The number of fused-ring (bicyclic) bond motifs is 2. The van der Waals surface area contributed by atoms with Crippen LogP contribution in [0.3, 0.4) is 0 Å². The molecular weight excluding hydrogens is 948 g/mol. The molecule has 8 rings (SSSR count). The van der Waals surface area contributed by atoms with E-state index < -0.39 is 23.6 Å². The van der Waals surface area contributed by atoms with Crippen LogP contribution in [0.4, 0.5) is 0 Å². The molecule has 2 bridgehead atoms. The monoisotopic (exact) mass is 1020 g/mol. The van der Waals surface area contributed by atoms with Gasteiger partial charge in [-0.1, -0.05) is 96.5 Å². The number of benzene rings is 3. The lowest BCUT2D eigenvalue weighted by Gasteiger charge is -2.63. The second-order valence-electron chi connectivity index (χ2n) is 22.8. The zero-order chi connectivity index (χ0) is 51.9. The third kappa shape index (κ3) is 11.2. The van der Waals surface area contributed by atoms with E-state index in [0.29, 0.717) is 21.9 Å². The van der Waals surface area contributed by atoms with Crippen LogP contribution >= 0.6 is 22.9 Å². The Morgan fingerprint density at radius 3 is 2.22 bits per heavy atom. The van der Waals surface area contributed by atoms with Gasteiger partial charge in [0.1, 0.15) is 30.0 Å². The number of aromatic nitrogens is 1. The summed E-state index contributed by atoms with van der Waals surface area (Å²) in [4.78, 5) is 67.4. The number of nitrogens with one attached hydrogen (secondary N) is 3. The van der Waals surface area contributed by atoms with Gasteiger partial charge in [-0.3, -0.25) is 24.1 Å². The van der Waals surface area contributed by atoms with E-state index in [4.69, 9.17) is 16.3 Å². The number of aliphatic hydroxyl groups is 1. The van der Waals surface area contributed by atoms with Crippen molar-refractivity contribution in [1.29, 1.82) is 5.26 Å². The SMILES string of the molecule is Cc1ncsc1-c1ccc([C@H](C)NC(=O)[C@@H]2C[C@@H](O)CN2C(=O)[C@@H](NC(=O)CN2C3CCC2CN(CCCc2ccc(C(=O)NC4C(C)(C)C(Oc5ccc(C#N)c(Cl)c5)C4(C)C)cc2)C3)C(C)(C)C)cc1. The first-order chi connectivity index (χ1) is 34.0. The number of aryl methyl sites for hydroxylation is 2. The molecule has 6 atom stereocenters. The van der Waals surface area contributed by atoms with Gasteiger partial charge < -0.3 is 35.6 Å². The number of rotatable bonds is 16. The number of carbonyl (C=O) groups excluding carboxylic acids is 4. The molecule has 384 valence electrons. The van der Waals surface area contributed by atoms with Crippen molar-refractivity contribution in [3.63, 3.8) is 0 Å². The van der Waals surface area contributed by atoms with Gasteiger partial charge >= 0.3 is 0 Å². The number of hydrogen-bond acceptors (Lipinski definition) is 11. The number of nitrogens with zero attached hydrogens (tertiary/aromatic N) is 5. The second-order valence-corrected chi connectivity index (χ2v) is 24.1. The number of halogens is 1. The molecule has 3 saturated heterocycles. The van der Waals surface area contributed by atoms with Gasteiger partial charge in [-0.15, -0.1) is 11.3 Å². The maximum Gasteiger partial charge on any atom is 0.251 e. The lowest BCUT2D eigenvalue weighted by Crippen LogP contribution is -2.74. The van der Waals surface area contributed by atoms with Crippen molar-refractivity contribution < 1.29 is 29.0 Å². The van der Waals surface area contributed by atoms with E-state index in [1.54, 1.807) is 29.5 Å². The van der Waals surface area contributed by atoms with Crippen molar-refractivity contribution >= 4 is 46.6 Å². The molecular formula is C56H71ClN8O6S. The molecule has 14 nitrogen and oxygen atoms in total. The Balaban J connectivity index is 0.790. The summed E-state index contributed by atoms with van der Waals surface area (Å²) < 4.78 is 6.40. The molecule has 3 aromatic carbocycles. The molecule has 4 aliphatic rings. The first-order valence-electron chi connectivity index (χ1n) is 25.4. The van der Waals surface area contributed by atoms with Crippen LogP contribution in [-0.4, -0.2) is 124 Å². The van der Waals surface area contributed by atoms with Crippen LogP contribution in [0.2, 0.25) is 5.02 Å². The third-order valence-electron chi connectivity index (χ3n) is 15.7. The Kier molecular flexibility index (Phi) is 15.6. The fourth-order valence-corrected chi connectivity index (χ4v) is 13.1. The van der Waals surface area contributed by atoms with Crippen LogP contribution in [0.5, 0.6) is 5.75 Å². The highest BCUT2D eigenvalue weighted by molar-refractivity contribution is 7.13. The lowest BCUT2D eigenvalue weighted by atomic mass is 9.49. The minimum Gasteiger partial charge on any atom is -0.489 e. The minimum atomic E-state index is -0.897. The fraction of sp³-hybridized carbons (Fsp3) is 0.536. The maximum absolute atomic E-state index is 14.4. The Hall–Kier alpha value is -5.37. The van der Waals surface area contributed by atoms with Gasteiger partial charge in [0.25, 0.3) is 5.91 Å². The van der Waals surface area contributed by atoms with Crippen LogP contribution in [0.1, 0.15) is 120 Å². The molecule has 1 aromatic heterocycles. The topological polar surface area (TPSA) is 180 Å². The summed E-state index contributed by atoms with van der Waals surface area (Å²) >= 11 is 7.86. The summed E-state index contributed by atoms with van der Waals surface area (Å²) in [7, 11) is 0. The molecule has 16 heteroatoms. The first kappa shape index (κ1) is 52.9. The molecule has 72 heavy (non-hydrogen) atoms. The lowest BCUT2D eigenvalue weighted by molar-refractivity contribution is -0.164. The van der Waals surface area contributed by atoms with E-state index in [2.05, 4.69) is 64.5 Å². The van der Waals surface area contributed by atoms with Crippen molar-refractivity contribution in [1.82, 2.24) is 35.6 Å². The Morgan fingerprint density at radius 1 is 0.958 bits per heavy atom. The van der Waals surface area contributed by atoms with Gasteiger partial charge in [0.05, 0.1) is 45.4 Å². The number of piperazine rings is 1. The predicted octanol–water partition coefficient (Wildman–Crippen LogP) is 7.71. The zero-order valence-electron chi connectivity index (χ0n) is 43.1. The van der Waals surface area contributed by atoms with Crippen molar-refractivity contribution in [2.45, 2.75) is 143 Å². The number of aliphatic hydroxyl groups excluding tert-OH is 1. The average molecular weight is 1020 g/mol. The van der Waals surface area contributed by atoms with E-state index in [0.717, 1.165) is 67.0 Å². The van der Waals surface area contributed by atoms with Crippen LogP contribution in [0, 0.1) is 34.5 Å². The van der Waals surface area contributed by atoms with E-state index in [-0.39, 0.29) is 84.2 Å². The number of ether oxygens (including phenoxy) is 1. The van der Waals surface area contributed by atoms with Gasteiger partial charge in [-0.2, -0.15) is 5.26 Å².